The zero-order valence-corrected chi connectivity index (χ0v) is 32.1. The van der Waals surface area contributed by atoms with Crippen molar-refractivity contribution < 1.29 is 61.5 Å². The number of hydrogen-bond acceptors (Lipinski definition) is 10. The average Bonchev–Trinajstić information content (AvgIpc) is 3.21. The number of amides is 1. The van der Waals surface area contributed by atoms with Crippen LogP contribution in [0.15, 0.2) is 78.9 Å². The number of methoxy groups -OCH3 is 1. The van der Waals surface area contributed by atoms with Crippen LogP contribution in [0.5, 0.6) is 17.2 Å². The molecule has 1 saturated heterocycles. The predicted octanol–water partition coefficient (Wildman–Crippen LogP) is 6.87. The number of Topliss-reactive ketones (excluding diaryl/α,β-unsaturated/α-hetero) is 1. The minimum atomic E-state index is -5.14. The van der Waals surface area contributed by atoms with E-state index in [1.165, 1.54) is 25.3 Å². The summed E-state index contributed by atoms with van der Waals surface area (Å²) in [5, 5.41) is 25.9. The first-order chi connectivity index (χ1) is 27.5. The summed E-state index contributed by atoms with van der Waals surface area (Å²) < 4.78 is 64.2. The molecule has 0 radical (unpaired) electrons. The first-order valence-electron chi connectivity index (χ1n) is 18.9. The van der Waals surface area contributed by atoms with Crippen LogP contribution in [0.1, 0.15) is 93.8 Å². The van der Waals surface area contributed by atoms with E-state index in [-0.39, 0.29) is 47.3 Å². The van der Waals surface area contributed by atoms with Gasteiger partial charge in [-0.15, -0.1) is 0 Å². The average molecular weight is 802 g/mol. The largest absolute Gasteiger partial charge is 0.507 e. The molecule has 1 fully saturated rings. The van der Waals surface area contributed by atoms with Crippen molar-refractivity contribution >= 4 is 23.3 Å². The molecule has 3 N–H and O–H groups in total. The molecule has 7 rings (SSSR count). The van der Waals surface area contributed by atoms with E-state index in [0.717, 1.165) is 11.1 Å². The Hall–Kier alpha value is -5.57. The first kappa shape index (κ1) is 40.6. The van der Waals surface area contributed by atoms with Gasteiger partial charge in [0.25, 0.3) is 0 Å². The number of ether oxygens (including phenoxy) is 4. The second-order valence-corrected chi connectivity index (χ2v) is 15.1. The number of benzene rings is 4. The standard InChI is InChI=1S/C44H42F3NO10/c1-22-23(2)57-33(20-29(22)48-42(54)44(45,46)47)58-32-19-24(30(49)21-56-43(3,25-12-7-5-8-13-25)26-14-9-6-10-15-26)18-28-35(32)41(53)37-36(39(28)51)38(50)27-16-11-17-31(55-4)34(27)40(37)52/h5-17,22-24,29,32-33,51,53H,18-21H2,1-4H3,(H,48,54)/t22-,23-,24+,29-,32-,33-/m0/s1. The number of ketones is 3. The second kappa shape index (κ2) is 15.6. The summed E-state index contributed by atoms with van der Waals surface area (Å²) in [6.07, 6.45) is -8.99. The van der Waals surface area contributed by atoms with Gasteiger partial charge in [0, 0.05) is 41.0 Å². The first-order valence-corrected chi connectivity index (χ1v) is 18.9. The van der Waals surface area contributed by atoms with E-state index >= 15 is 0 Å². The van der Waals surface area contributed by atoms with Gasteiger partial charge in [-0.2, -0.15) is 13.2 Å². The van der Waals surface area contributed by atoms with Crippen LogP contribution in [0.4, 0.5) is 13.2 Å². The highest BCUT2D eigenvalue weighted by atomic mass is 19.4. The lowest BCUT2D eigenvalue weighted by atomic mass is 9.73. The van der Waals surface area contributed by atoms with Gasteiger partial charge >= 0.3 is 12.1 Å². The molecular formula is C44H42F3NO10. The van der Waals surface area contributed by atoms with Gasteiger partial charge in [0.05, 0.1) is 36.0 Å². The Kier molecular flexibility index (Phi) is 11.0. The van der Waals surface area contributed by atoms with Crippen molar-refractivity contribution in [3.05, 3.63) is 123 Å². The van der Waals surface area contributed by atoms with Gasteiger partial charge in [-0.1, -0.05) is 79.7 Å². The Bertz CT molecular complexity index is 2220. The molecule has 4 aromatic rings. The quantitative estimate of drug-likeness (QED) is 0.127. The Balaban J connectivity index is 1.27. The highest BCUT2D eigenvalue weighted by molar-refractivity contribution is 6.31. The van der Waals surface area contributed by atoms with Crippen molar-refractivity contribution in [1.29, 1.82) is 0 Å². The van der Waals surface area contributed by atoms with Gasteiger partial charge in [-0.3, -0.25) is 19.2 Å². The van der Waals surface area contributed by atoms with E-state index in [1.807, 2.05) is 72.9 Å². The lowest BCUT2D eigenvalue weighted by Gasteiger charge is -2.42. The number of aromatic hydroxyl groups is 2. The van der Waals surface area contributed by atoms with Crippen LogP contribution >= 0.6 is 0 Å². The number of hydrogen-bond donors (Lipinski definition) is 3. The Morgan fingerprint density at radius 3 is 2.07 bits per heavy atom. The van der Waals surface area contributed by atoms with Crippen LogP contribution in [0.25, 0.3) is 0 Å². The molecule has 0 aromatic heterocycles. The number of alkyl halides is 3. The minimum Gasteiger partial charge on any atom is -0.507 e. The molecule has 11 nitrogen and oxygen atoms in total. The van der Waals surface area contributed by atoms with E-state index in [1.54, 1.807) is 13.8 Å². The number of phenols is 2. The Morgan fingerprint density at radius 1 is 0.845 bits per heavy atom. The molecule has 0 saturated carbocycles. The van der Waals surface area contributed by atoms with Gasteiger partial charge in [-0.25, -0.2) is 0 Å². The normalized spacial score (nSPS) is 23.0. The van der Waals surface area contributed by atoms with Crippen LogP contribution in [-0.4, -0.2) is 71.8 Å². The second-order valence-electron chi connectivity index (χ2n) is 15.1. The smallest absolute Gasteiger partial charge is 0.471 e. The summed E-state index contributed by atoms with van der Waals surface area (Å²) in [5.74, 6) is -6.81. The summed E-state index contributed by atoms with van der Waals surface area (Å²) in [7, 11) is 1.32. The molecule has 2 aliphatic carbocycles. The van der Waals surface area contributed by atoms with E-state index in [2.05, 4.69) is 0 Å². The molecule has 6 atom stereocenters. The van der Waals surface area contributed by atoms with Crippen LogP contribution in [0.2, 0.25) is 0 Å². The summed E-state index contributed by atoms with van der Waals surface area (Å²) >= 11 is 0. The molecule has 14 heteroatoms. The molecule has 304 valence electrons. The van der Waals surface area contributed by atoms with E-state index in [0.29, 0.717) is 0 Å². The Labute approximate surface area is 332 Å². The fourth-order valence-corrected chi connectivity index (χ4v) is 8.31. The zero-order chi connectivity index (χ0) is 41.7. The van der Waals surface area contributed by atoms with Crippen molar-refractivity contribution in [1.82, 2.24) is 5.32 Å². The molecule has 1 heterocycles. The van der Waals surface area contributed by atoms with Crippen molar-refractivity contribution in [2.45, 2.75) is 76.4 Å². The molecule has 1 aliphatic heterocycles. The van der Waals surface area contributed by atoms with Crippen molar-refractivity contribution in [3.63, 3.8) is 0 Å². The van der Waals surface area contributed by atoms with Gasteiger partial charge < -0.3 is 34.5 Å². The minimum absolute atomic E-state index is 0.0219. The summed E-state index contributed by atoms with van der Waals surface area (Å²) in [6.45, 7) is 4.66. The number of nitrogens with one attached hydrogen (secondary N) is 1. The maximum atomic E-state index is 14.3. The topological polar surface area (TPSA) is 158 Å². The molecule has 0 unspecified atom stereocenters. The number of carbonyl (C=O) groups is 4. The third-order valence-corrected chi connectivity index (χ3v) is 11.7. The molecular weight excluding hydrogens is 759 g/mol. The van der Waals surface area contributed by atoms with E-state index in [4.69, 9.17) is 18.9 Å². The summed E-state index contributed by atoms with van der Waals surface area (Å²) in [4.78, 5) is 54.4. The van der Waals surface area contributed by atoms with Crippen LogP contribution in [0.3, 0.4) is 0 Å². The third kappa shape index (κ3) is 7.24. The van der Waals surface area contributed by atoms with Gasteiger partial charge in [0.15, 0.2) is 17.9 Å². The molecule has 0 spiro atoms. The molecule has 3 aliphatic rings. The monoisotopic (exact) mass is 801 g/mol. The highest BCUT2D eigenvalue weighted by Gasteiger charge is 2.47. The van der Waals surface area contributed by atoms with Crippen LogP contribution in [0, 0.1) is 11.8 Å². The fourth-order valence-electron chi connectivity index (χ4n) is 8.31. The fraction of sp³-hybridized carbons (Fsp3) is 0.364. The summed E-state index contributed by atoms with van der Waals surface area (Å²) in [5.41, 5.74) is -0.705. The number of halogens is 3. The van der Waals surface area contributed by atoms with Crippen molar-refractivity contribution in [2.24, 2.45) is 11.8 Å². The molecule has 0 bridgehead atoms. The van der Waals surface area contributed by atoms with E-state index < -0.39 is 101 Å². The van der Waals surface area contributed by atoms with Crippen LogP contribution < -0.4 is 10.1 Å². The maximum absolute atomic E-state index is 14.3. The molecule has 58 heavy (non-hydrogen) atoms. The molecule has 1 amide bonds. The van der Waals surface area contributed by atoms with E-state index in [9.17, 15) is 42.6 Å². The zero-order valence-electron chi connectivity index (χ0n) is 32.1. The third-order valence-electron chi connectivity index (χ3n) is 11.7. The number of phenolic OH excluding ortho intramolecular Hbond substituents is 2. The number of fused-ring (bicyclic) bond motifs is 3. The lowest BCUT2D eigenvalue weighted by Crippen LogP contribution is -2.53. The number of rotatable bonds is 10. The Morgan fingerprint density at radius 2 is 1.47 bits per heavy atom. The summed E-state index contributed by atoms with van der Waals surface area (Å²) in [6, 6.07) is 22.0. The van der Waals surface area contributed by atoms with Crippen molar-refractivity contribution in [3.8, 4) is 17.2 Å². The lowest BCUT2D eigenvalue weighted by molar-refractivity contribution is -0.235. The van der Waals surface area contributed by atoms with Crippen molar-refractivity contribution in [2.75, 3.05) is 13.7 Å². The maximum Gasteiger partial charge on any atom is 0.471 e. The molecule has 4 aromatic carbocycles. The highest BCUT2D eigenvalue weighted by Crippen LogP contribution is 2.52. The SMILES string of the molecule is COc1cccc2c1C(=O)c1c(O)c3c(c(O)c1C2=O)C[C@@H](C(=O)COC(C)(c1ccccc1)c1ccccc1)C[C@@H]3O[C@H]1C[C@H](NC(=O)C(F)(F)F)[C@@H](C)[C@H](C)O1. The van der Waals surface area contributed by atoms with Gasteiger partial charge in [0.1, 0.15) is 29.5 Å². The van der Waals surface area contributed by atoms with Crippen LogP contribution in [-0.2, 0) is 35.8 Å². The predicted molar refractivity (Wildman–Crippen MR) is 202 cm³/mol. The van der Waals surface area contributed by atoms with Gasteiger partial charge in [-0.05, 0) is 43.9 Å². The van der Waals surface area contributed by atoms with Gasteiger partial charge in [0.2, 0.25) is 5.78 Å². The number of carbonyl (C=O) groups excluding carboxylic acids is 4.